The zero-order valence-corrected chi connectivity index (χ0v) is 18.3. The smallest absolute Gasteiger partial charge is 0.269 e. The predicted molar refractivity (Wildman–Crippen MR) is 116 cm³/mol. The van der Waals surface area contributed by atoms with Gasteiger partial charge < -0.3 is 10.2 Å². The number of aromatic nitrogens is 1. The number of halogens is 1. The van der Waals surface area contributed by atoms with Crippen molar-refractivity contribution >= 4 is 49.5 Å². The van der Waals surface area contributed by atoms with Gasteiger partial charge in [0.05, 0.1) is 27.6 Å². The van der Waals surface area contributed by atoms with Gasteiger partial charge >= 0.3 is 0 Å². The Labute approximate surface area is 190 Å². The fourth-order valence-electron chi connectivity index (χ4n) is 3.30. The number of rotatable bonds is 6. The maximum atomic E-state index is 14.0. The summed E-state index contributed by atoms with van der Waals surface area (Å²) in [7, 11) is -4.00. The molecule has 1 aromatic heterocycles. The second-order valence-corrected chi connectivity index (χ2v) is 10.3. The van der Waals surface area contributed by atoms with E-state index in [9.17, 15) is 32.5 Å². The highest BCUT2D eigenvalue weighted by atomic mass is 32.2. The Balaban J connectivity index is 1.46. The average molecular weight is 490 g/mol. The number of anilines is 2. The molecule has 4 rings (SSSR count). The lowest BCUT2D eigenvalue weighted by molar-refractivity contribution is -0.384. The number of hydrogen-bond acceptors (Lipinski definition) is 8. The van der Waals surface area contributed by atoms with Crippen molar-refractivity contribution in [3.05, 3.63) is 70.7 Å². The van der Waals surface area contributed by atoms with Gasteiger partial charge in [0.15, 0.2) is 5.13 Å². The van der Waals surface area contributed by atoms with Crippen LogP contribution in [0.25, 0.3) is 0 Å². The number of non-ortho nitro benzene ring substituents is 1. The quantitative estimate of drug-likeness (QED) is 0.414. The van der Waals surface area contributed by atoms with Crippen molar-refractivity contribution < 1.29 is 27.3 Å². The van der Waals surface area contributed by atoms with E-state index in [2.05, 4.69) is 10.3 Å². The van der Waals surface area contributed by atoms with E-state index >= 15 is 0 Å². The lowest BCUT2D eigenvalue weighted by Gasteiger charge is -2.17. The minimum Gasteiger partial charge on any atom is -0.309 e. The number of carbonyl (C=O) groups excluding carboxylic acids is 2. The first-order valence-corrected chi connectivity index (χ1v) is 11.8. The fourth-order valence-corrected chi connectivity index (χ4v) is 5.73. The van der Waals surface area contributed by atoms with Crippen LogP contribution < -0.4 is 10.2 Å². The van der Waals surface area contributed by atoms with Crippen LogP contribution in [0.15, 0.2) is 63.8 Å². The van der Waals surface area contributed by atoms with Crippen molar-refractivity contribution in [2.45, 2.75) is 15.5 Å². The van der Waals surface area contributed by atoms with Gasteiger partial charge in [0.25, 0.3) is 5.69 Å². The van der Waals surface area contributed by atoms with Crippen molar-refractivity contribution in [1.82, 2.24) is 4.98 Å². The summed E-state index contributed by atoms with van der Waals surface area (Å²) in [6, 6.07) is 10.1. The molecule has 0 bridgehead atoms. The van der Waals surface area contributed by atoms with E-state index in [0.29, 0.717) is 11.3 Å². The highest BCUT2D eigenvalue weighted by molar-refractivity contribution is 7.93. The molecule has 33 heavy (non-hydrogen) atoms. The van der Waals surface area contributed by atoms with E-state index in [1.165, 1.54) is 23.1 Å². The first-order valence-electron chi connectivity index (χ1n) is 9.48. The molecule has 170 valence electrons. The maximum Gasteiger partial charge on any atom is 0.269 e. The molecule has 2 aromatic carbocycles. The molecule has 0 saturated carbocycles. The van der Waals surface area contributed by atoms with Crippen LogP contribution in [0.3, 0.4) is 0 Å². The van der Waals surface area contributed by atoms with Gasteiger partial charge in [-0.3, -0.25) is 19.7 Å². The number of nitro groups is 1. The van der Waals surface area contributed by atoms with E-state index in [1.807, 2.05) is 0 Å². The molecule has 2 heterocycles. The van der Waals surface area contributed by atoms with E-state index < -0.39 is 38.3 Å². The third kappa shape index (κ3) is 4.45. The molecule has 1 aliphatic heterocycles. The van der Waals surface area contributed by atoms with E-state index in [1.54, 1.807) is 6.07 Å². The Morgan fingerprint density at radius 3 is 2.58 bits per heavy atom. The standard InChI is InChI=1S/C20H15FN4O6S2/c21-15-3-1-2-4-16(15)24-11-12(9-17(24)26)19(27)23-20-22-10-18(32-20)33(30,31)14-7-5-13(6-8-14)25(28)29/h1-8,10,12H,9,11H2,(H,22,23,27)/t12-/m1/s1. The Hall–Kier alpha value is -3.71. The molecule has 1 N–H and O–H groups in total. The molecule has 0 spiro atoms. The van der Waals surface area contributed by atoms with Crippen LogP contribution in [0.1, 0.15) is 6.42 Å². The minimum absolute atomic E-state index is 0.0114. The number of amides is 2. The second-order valence-electron chi connectivity index (χ2n) is 7.08. The van der Waals surface area contributed by atoms with Gasteiger partial charge in [0.1, 0.15) is 10.0 Å². The number of hydrogen-bond donors (Lipinski definition) is 1. The molecule has 1 atom stereocenters. The summed E-state index contributed by atoms with van der Waals surface area (Å²) in [6.45, 7) is -0.0229. The summed E-state index contributed by atoms with van der Waals surface area (Å²) >= 11 is 0.709. The summed E-state index contributed by atoms with van der Waals surface area (Å²) < 4.78 is 39.3. The van der Waals surface area contributed by atoms with Gasteiger partial charge in [-0.15, -0.1) is 0 Å². The summed E-state index contributed by atoms with van der Waals surface area (Å²) in [5.74, 6) is -2.29. The molecule has 10 nitrogen and oxygen atoms in total. The zero-order valence-electron chi connectivity index (χ0n) is 16.7. The first kappa shape index (κ1) is 22.5. The van der Waals surface area contributed by atoms with Crippen LogP contribution in [0.5, 0.6) is 0 Å². The van der Waals surface area contributed by atoms with Crippen LogP contribution in [-0.2, 0) is 19.4 Å². The molecular weight excluding hydrogens is 475 g/mol. The summed E-state index contributed by atoms with van der Waals surface area (Å²) in [5, 5.41) is 13.3. The molecule has 3 aromatic rings. The SMILES string of the molecule is O=C(Nc1ncc(S(=O)(=O)c2ccc([N+](=O)[O-])cc2)s1)[C@@H]1CC(=O)N(c2ccccc2F)C1. The Morgan fingerprint density at radius 1 is 1.21 bits per heavy atom. The molecule has 1 saturated heterocycles. The number of para-hydroxylation sites is 1. The number of sulfone groups is 1. The summed E-state index contributed by atoms with van der Waals surface area (Å²) in [5.41, 5.74) is -0.162. The van der Waals surface area contributed by atoms with Gasteiger partial charge in [-0.2, -0.15) is 0 Å². The molecular formula is C20H15FN4O6S2. The minimum atomic E-state index is -4.00. The van der Waals surface area contributed by atoms with Gasteiger partial charge in [-0.05, 0) is 24.3 Å². The van der Waals surface area contributed by atoms with Crippen molar-refractivity contribution in [2.24, 2.45) is 5.92 Å². The number of benzene rings is 2. The molecule has 1 fully saturated rings. The highest BCUT2D eigenvalue weighted by Crippen LogP contribution is 2.31. The maximum absolute atomic E-state index is 14.0. The predicted octanol–water partition coefficient (Wildman–Crippen LogP) is 3.01. The van der Waals surface area contributed by atoms with Crippen LogP contribution >= 0.6 is 11.3 Å². The number of nitro benzene ring substituents is 1. The lowest BCUT2D eigenvalue weighted by atomic mass is 10.1. The average Bonchev–Trinajstić information content (AvgIpc) is 3.41. The number of thiazole rings is 1. The largest absolute Gasteiger partial charge is 0.309 e. The van der Waals surface area contributed by atoms with E-state index in [0.717, 1.165) is 30.5 Å². The monoisotopic (exact) mass is 490 g/mol. The van der Waals surface area contributed by atoms with Crippen LogP contribution in [-0.4, -0.2) is 36.7 Å². The molecule has 0 unspecified atom stereocenters. The Morgan fingerprint density at radius 2 is 1.91 bits per heavy atom. The third-order valence-electron chi connectivity index (χ3n) is 4.98. The second kappa shape index (κ2) is 8.67. The third-order valence-corrected chi connectivity index (χ3v) is 8.12. The van der Waals surface area contributed by atoms with Gasteiger partial charge in [0.2, 0.25) is 21.7 Å². The summed E-state index contributed by atoms with van der Waals surface area (Å²) in [6.07, 6.45) is 0.946. The molecule has 1 aliphatic rings. The van der Waals surface area contributed by atoms with Crippen LogP contribution in [0.4, 0.5) is 20.9 Å². The van der Waals surface area contributed by atoms with Gasteiger partial charge in [-0.25, -0.2) is 17.8 Å². The normalized spacial score (nSPS) is 16.1. The van der Waals surface area contributed by atoms with Crippen LogP contribution in [0, 0.1) is 21.8 Å². The number of carbonyl (C=O) groups is 2. The van der Waals surface area contributed by atoms with Crippen LogP contribution in [0.2, 0.25) is 0 Å². The first-order chi connectivity index (χ1) is 15.7. The highest BCUT2D eigenvalue weighted by Gasteiger charge is 2.36. The molecule has 13 heteroatoms. The van der Waals surface area contributed by atoms with Gasteiger partial charge in [-0.1, -0.05) is 23.5 Å². The Bertz CT molecular complexity index is 1360. The lowest BCUT2D eigenvalue weighted by Crippen LogP contribution is -2.28. The van der Waals surface area contributed by atoms with E-state index in [-0.39, 0.29) is 38.6 Å². The van der Waals surface area contributed by atoms with Crippen molar-refractivity contribution in [2.75, 3.05) is 16.8 Å². The molecule has 0 radical (unpaired) electrons. The Kier molecular flexibility index (Phi) is 5.91. The topological polar surface area (TPSA) is 140 Å². The van der Waals surface area contributed by atoms with Crippen molar-refractivity contribution in [3.63, 3.8) is 0 Å². The van der Waals surface area contributed by atoms with E-state index in [4.69, 9.17) is 0 Å². The summed E-state index contributed by atoms with van der Waals surface area (Å²) in [4.78, 5) is 40.0. The number of nitrogens with zero attached hydrogens (tertiary/aromatic N) is 3. The van der Waals surface area contributed by atoms with Crippen molar-refractivity contribution in [1.29, 1.82) is 0 Å². The van der Waals surface area contributed by atoms with Crippen molar-refractivity contribution in [3.8, 4) is 0 Å². The molecule has 2 amide bonds. The zero-order chi connectivity index (χ0) is 23.8. The van der Waals surface area contributed by atoms with Gasteiger partial charge in [0, 0.05) is 25.1 Å². The fraction of sp³-hybridized carbons (Fsp3) is 0.150. The number of nitrogens with one attached hydrogen (secondary N) is 1. The molecule has 0 aliphatic carbocycles.